The summed E-state index contributed by atoms with van der Waals surface area (Å²) in [5, 5.41) is 10.8. The lowest BCUT2D eigenvalue weighted by atomic mass is 10.0. The van der Waals surface area contributed by atoms with Crippen molar-refractivity contribution in [1.82, 2.24) is 4.98 Å². The Morgan fingerprint density at radius 2 is 2.19 bits per heavy atom. The molecular formula is C15H13N3O3. The molecular weight excluding hydrogens is 270 g/mol. The van der Waals surface area contributed by atoms with Gasteiger partial charge in [-0.05, 0) is 36.6 Å². The Morgan fingerprint density at radius 3 is 2.90 bits per heavy atom. The Kier molecular flexibility index (Phi) is 3.35. The van der Waals surface area contributed by atoms with Crippen molar-refractivity contribution < 1.29 is 9.72 Å². The van der Waals surface area contributed by atoms with E-state index in [1.165, 1.54) is 12.3 Å². The van der Waals surface area contributed by atoms with Crippen molar-refractivity contribution in [2.45, 2.75) is 12.8 Å². The van der Waals surface area contributed by atoms with Crippen LogP contribution in [0.4, 0.5) is 11.4 Å². The van der Waals surface area contributed by atoms with E-state index in [1.54, 1.807) is 35.4 Å². The highest BCUT2D eigenvalue weighted by molar-refractivity contribution is 6.06. The van der Waals surface area contributed by atoms with Crippen molar-refractivity contribution in [3.8, 4) is 0 Å². The fourth-order valence-corrected chi connectivity index (χ4v) is 2.55. The number of anilines is 1. The van der Waals surface area contributed by atoms with E-state index >= 15 is 0 Å². The van der Waals surface area contributed by atoms with Crippen LogP contribution in [0, 0.1) is 10.1 Å². The first-order valence-electron chi connectivity index (χ1n) is 6.66. The van der Waals surface area contributed by atoms with E-state index in [-0.39, 0.29) is 11.6 Å². The Hall–Kier alpha value is -2.76. The van der Waals surface area contributed by atoms with E-state index in [4.69, 9.17) is 0 Å². The number of nitro benzene ring substituents is 1. The summed E-state index contributed by atoms with van der Waals surface area (Å²) in [6, 6.07) is 8.08. The lowest BCUT2D eigenvalue weighted by Gasteiger charge is -2.29. The Balaban J connectivity index is 1.97. The molecule has 0 radical (unpaired) electrons. The number of aromatic nitrogens is 1. The molecule has 106 valence electrons. The number of fused-ring (bicyclic) bond motifs is 1. The van der Waals surface area contributed by atoms with E-state index in [0.717, 1.165) is 24.1 Å². The summed E-state index contributed by atoms with van der Waals surface area (Å²) in [5.74, 6) is -0.127. The molecule has 2 aromatic rings. The average Bonchev–Trinajstić information content (AvgIpc) is 2.54. The molecule has 0 spiro atoms. The zero-order valence-electron chi connectivity index (χ0n) is 11.2. The minimum Gasteiger partial charge on any atom is -0.308 e. The topological polar surface area (TPSA) is 76.3 Å². The van der Waals surface area contributed by atoms with Crippen molar-refractivity contribution in [2.75, 3.05) is 11.4 Å². The van der Waals surface area contributed by atoms with Gasteiger partial charge in [0.25, 0.3) is 11.6 Å². The van der Waals surface area contributed by atoms with Crippen LogP contribution in [0.25, 0.3) is 0 Å². The van der Waals surface area contributed by atoms with Gasteiger partial charge in [-0.1, -0.05) is 0 Å². The molecule has 1 aliphatic heterocycles. The summed E-state index contributed by atoms with van der Waals surface area (Å²) in [6.07, 6.45) is 4.68. The van der Waals surface area contributed by atoms with Crippen LogP contribution in [0.1, 0.15) is 22.3 Å². The molecule has 0 unspecified atom stereocenters. The van der Waals surface area contributed by atoms with Gasteiger partial charge in [0, 0.05) is 36.8 Å². The average molecular weight is 283 g/mol. The van der Waals surface area contributed by atoms with Gasteiger partial charge >= 0.3 is 0 Å². The van der Waals surface area contributed by atoms with Gasteiger partial charge in [0.2, 0.25) is 0 Å². The second kappa shape index (κ2) is 5.32. The van der Waals surface area contributed by atoms with Crippen LogP contribution in [0.15, 0.2) is 42.7 Å². The molecule has 0 fully saturated rings. The number of benzene rings is 1. The molecule has 6 heteroatoms. The first kappa shape index (κ1) is 13.2. The van der Waals surface area contributed by atoms with Gasteiger partial charge in [0.05, 0.1) is 10.5 Å². The molecule has 0 bridgehead atoms. The van der Waals surface area contributed by atoms with E-state index < -0.39 is 4.92 Å². The highest BCUT2D eigenvalue weighted by atomic mass is 16.6. The number of nitro groups is 1. The van der Waals surface area contributed by atoms with E-state index in [0.29, 0.717) is 12.1 Å². The van der Waals surface area contributed by atoms with Crippen LogP contribution in [0.3, 0.4) is 0 Å². The monoisotopic (exact) mass is 283 g/mol. The molecule has 0 N–H and O–H groups in total. The zero-order chi connectivity index (χ0) is 14.8. The van der Waals surface area contributed by atoms with Gasteiger partial charge in [0.15, 0.2) is 0 Å². The lowest BCUT2D eigenvalue weighted by Crippen LogP contribution is -2.35. The number of hydrogen-bond acceptors (Lipinski definition) is 4. The molecule has 0 atom stereocenters. The third kappa shape index (κ3) is 2.47. The molecule has 6 nitrogen and oxygen atoms in total. The van der Waals surface area contributed by atoms with Crippen molar-refractivity contribution in [2.24, 2.45) is 0 Å². The number of amides is 1. The minimum atomic E-state index is -0.415. The van der Waals surface area contributed by atoms with Gasteiger partial charge in [0.1, 0.15) is 0 Å². The molecule has 1 aromatic heterocycles. The summed E-state index contributed by atoms with van der Waals surface area (Å²) in [7, 11) is 0. The number of aryl methyl sites for hydroxylation is 1. The Morgan fingerprint density at radius 1 is 1.33 bits per heavy atom. The molecule has 3 rings (SSSR count). The third-order valence-electron chi connectivity index (χ3n) is 3.55. The number of hydrogen-bond donors (Lipinski definition) is 0. The fourth-order valence-electron chi connectivity index (χ4n) is 2.55. The molecule has 2 heterocycles. The number of carbonyl (C=O) groups excluding carboxylic acids is 1. The maximum absolute atomic E-state index is 12.5. The van der Waals surface area contributed by atoms with Gasteiger partial charge in [-0.3, -0.25) is 19.9 Å². The van der Waals surface area contributed by atoms with Crippen LogP contribution in [-0.2, 0) is 6.42 Å². The number of carbonyl (C=O) groups is 1. The summed E-state index contributed by atoms with van der Waals surface area (Å²) in [4.78, 5) is 28.6. The molecule has 1 aromatic carbocycles. The predicted molar refractivity (Wildman–Crippen MR) is 77.3 cm³/mol. The van der Waals surface area contributed by atoms with Gasteiger partial charge in [-0.2, -0.15) is 0 Å². The first-order chi connectivity index (χ1) is 10.2. The number of rotatable bonds is 2. The quantitative estimate of drug-likeness (QED) is 0.627. The second-order valence-electron chi connectivity index (χ2n) is 4.87. The standard InChI is InChI=1S/C15H13N3O3/c19-15(12-3-1-7-16-10-12)17-8-2-4-11-9-13(18(20)21)5-6-14(11)17/h1,3,5-7,9-10H,2,4,8H2. The highest BCUT2D eigenvalue weighted by Gasteiger charge is 2.25. The SMILES string of the molecule is O=C(c1cccnc1)N1CCCc2cc([N+](=O)[O-])ccc21. The van der Waals surface area contributed by atoms with Gasteiger partial charge in [-0.15, -0.1) is 0 Å². The van der Waals surface area contributed by atoms with Crippen LogP contribution < -0.4 is 4.90 Å². The summed E-state index contributed by atoms with van der Waals surface area (Å²) in [6.45, 7) is 0.610. The van der Waals surface area contributed by atoms with Gasteiger partial charge < -0.3 is 4.90 Å². The first-order valence-corrected chi connectivity index (χ1v) is 6.66. The van der Waals surface area contributed by atoms with E-state index in [9.17, 15) is 14.9 Å². The highest BCUT2D eigenvalue weighted by Crippen LogP contribution is 2.31. The number of pyridine rings is 1. The largest absolute Gasteiger partial charge is 0.308 e. The molecule has 21 heavy (non-hydrogen) atoms. The van der Waals surface area contributed by atoms with Crippen LogP contribution >= 0.6 is 0 Å². The fraction of sp³-hybridized carbons (Fsp3) is 0.200. The van der Waals surface area contributed by atoms with Crippen molar-refractivity contribution >= 4 is 17.3 Å². The van der Waals surface area contributed by atoms with Gasteiger partial charge in [-0.25, -0.2) is 0 Å². The Labute approximate surface area is 121 Å². The lowest BCUT2D eigenvalue weighted by molar-refractivity contribution is -0.384. The molecule has 0 aliphatic carbocycles. The second-order valence-corrected chi connectivity index (χ2v) is 4.87. The maximum atomic E-state index is 12.5. The molecule has 0 saturated heterocycles. The molecule has 1 aliphatic rings. The predicted octanol–water partition coefficient (Wildman–Crippen LogP) is 2.58. The zero-order valence-corrected chi connectivity index (χ0v) is 11.2. The van der Waals surface area contributed by atoms with E-state index in [2.05, 4.69) is 4.98 Å². The summed E-state index contributed by atoms with van der Waals surface area (Å²) >= 11 is 0. The maximum Gasteiger partial charge on any atom is 0.269 e. The normalized spacial score (nSPS) is 13.6. The molecule has 0 saturated carbocycles. The molecule has 1 amide bonds. The Bertz CT molecular complexity index is 701. The number of non-ortho nitro benzene ring substituents is 1. The van der Waals surface area contributed by atoms with Crippen molar-refractivity contribution in [3.63, 3.8) is 0 Å². The van der Waals surface area contributed by atoms with E-state index in [1.807, 2.05) is 0 Å². The van der Waals surface area contributed by atoms with Crippen LogP contribution in [-0.4, -0.2) is 22.4 Å². The minimum absolute atomic E-state index is 0.0597. The summed E-state index contributed by atoms with van der Waals surface area (Å²) in [5.41, 5.74) is 2.17. The van der Waals surface area contributed by atoms with Crippen molar-refractivity contribution in [1.29, 1.82) is 0 Å². The number of nitrogens with zero attached hydrogens (tertiary/aromatic N) is 3. The van der Waals surface area contributed by atoms with Crippen molar-refractivity contribution in [3.05, 3.63) is 64.0 Å². The summed E-state index contributed by atoms with van der Waals surface area (Å²) < 4.78 is 0. The third-order valence-corrected chi connectivity index (χ3v) is 3.55. The van der Waals surface area contributed by atoms with Crippen LogP contribution in [0.2, 0.25) is 0 Å². The van der Waals surface area contributed by atoms with Crippen LogP contribution in [0.5, 0.6) is 0 Å². The smallest absolute Gasteiger partial charge is 0.269 e.